The highest BCUT2D eigenvalue weighted by molar-refractivity contribution is 6.35. The molecule has 0 radical (unpaired) electrons. The van der Waals surface area contributed by atoms with E-state index in [1.165, 1.54) is 12.1 Å². The average Bonchev–Trinajstić information content (AvgIpc) is 2.69. The van der Waals surface area contributed by atoms with Gasteiger partial charge in [-0.3, -0.25) is 9.59 Å². The molecule has 1 fully saturated rings. The van der Waals surface area contributed by atoms with Gasteiger partial charge < -0.3 is 15.0 Å². The van der Waals surface area contributed by atoms with Crippen molar-refractivity contribution in [2.45, 2.75) is 25.3 Å². The molecule has 0 unspecified atom stereocenters. The number of hydrogen-bond donors (Lipinski definition) is 1. The van der Waals surface area contributed by atoms with Crippen LogP contribution in [0.3, 0.4) is 0 Å². The third-order valence-electron chi connectivity index (χ3n) is 4.73. The number of nitrogens with one attached hydrogen (secondary N) is 1. The summed E-state index contributed by atoms with van der Waals surface area (Å²) >= 11 is 11.9. The van der Waals surface area contributed by atoms with E-state index in [1.54, 1.807) is 35.2 Å². The maximum absolute atomic E-state index is 13.0. The van der Waals surface area contributed by atoms with Gasteiger partial charge in [0.25, 0.3) is 5.91 Å². The Morgan fingerprint density at radius 2 is 1.79 bits per heavy atom. The van der Waals surface area contributed by atoms with E-state index in [0.717, 1.165) is 5.56 Å². The molecule has 5 nitrogen and oxygen atoms in total. The molecule has 0 aromatic heterocycles. The SMILES string of the molecule is O=C(COc1ccc(Cl)cc1Cl)NC1CCN(C(=O)Cc2ccc(F)cc2)CC1. The van der Waals surface area contributed by atoms with Crippen LogP contribution in [0.25, 0.3) is 0 Å². The van der Waals surface area contributed by atoms with Gasteiger partial charge in [0.15, 0.2) is 6.61 Å². The standard InChI is InChI=1S/C21H21Cl2FN2O3/c22-15-3-6-19(18(23)12-15)29-13-20(27)25-17-7-9-26(10-8-17)21(28)11-14-1-4-16(24)5-2-14/h1-6,12,17H,7-11,13H2,(H,25,27). The van der Waals surface area contributed by atoms with E-state index in [4.69, 9.17) is 27.9 Å². The maximum Gasteiger partial charge on any atom is 0.258 e. The smallest absolute Gasteiger partial charge is 0.258 e. The van der Waals surface area contributed by atoms with Gasteiger partial charge in [-0.2, -0.15) is 0 Å². The monoisotopic (exact) mass is 438 g/mol. The first-order valence-corrected chi connectivity index (χ1v) is 10.1. The fourth-order valence-corrected chi connectivity index (χ4v) is 3.63. The van der Waals surface area contributed by atoms with Crippen molar-refractivity contribution in [2.75, 3.05) is 19.7 Å². The molecule has 1 aliphatic heterocycles. The molecular formula is C21H21Cl2FN2O3. The molecule has 0 spiro atoms. The van der Waals surface area contributed by atoms with Crippen LogP contribution in [0.15, 0.2) is 42.5 Å². The van der Waals surface area contributed by atoms with E-state index in [-0.39, 0.29) is 36.7 Å². The lowest BCUT2D eigenvalue weighted by atomic mass is 10.0. The van der Waals surface area contributed by atoms with Crippen molar-refractivity contribution in [3.63, 3.8) is 0 Å². The Morgan fingerprint density at radius 3 is 2.45 bits per heavy atom. The highest BCUT2D eigenvalue weighted by Gasteiger charge is 2.24. The van der Waals surface area contributed by atoms with Gasteiger partial charge in [-0.25, -0.2) is 4.39 Å². The van der Waals surface area contributed by atoms with Crippen LogP contribution in [0.1, 0.15) is 18.4 Å². The zero-order valence-corrected chi connectivity index (χ0v) is 17.2. The van der Waals surface area contributed by atoms with Crippen LogP contribution in [-0.2, 0) is 16.0 Å². The van der Waals surface area contributed by atoms with Gasteiger partial charge in [0.2, 0.25) is 5.91 Å². The minimum atomic E-state index is -0.319. The molecule has 1 aliphatic rings. The summed E-state index contributed by atoms with van der Waals surface area (Å²) in [6.45, 7) is 0.981. The molecule has 1 saturated heterocycles. The number of carbonyl (C=O) groups excluding carboxylic acids is 2. The lowest BCUT2D eigenvalue weighted by Crippen LogP contribution is -2.47. The summed E-state index contributed by atoms with van der Waals surface area (Å²) in [7, 11) is 0. The Hall–Kier alpha value is -2.31. The summed E-state index contributed by atoms with van der Waals surface area (Å²) in [6, 6.07) is 10.7. The number of halogens is 3. The van der Waals surface area contributed by atoms with Gasteiger partial charge in [-0.05, 0) is 48.7 Å². The fourth-order valence-electron chi connectivity index (χ4n) is 3.17. The van der Waals surface area contributed by atoms with Crippen molar-refractivity contribution in [3.8, 4) is 5.75 Å². The number of carbonyl (C=O) groups is 2. The fraction of sp³-hybridized carbons (Fsp3) is 0.333. The second-order valence-corrected chi connectivity index (χ2v) is 7.73. The van der Waals surface area contributed by atoms with Gasteiger partial charge in [-0.1, -0.05) is 35.3 Å². The van der Waals surface area contributed by atoms with Crippen LogP contribution in [0.5, 0.6) is 5.75 Å². The first-order valence-electron chi connectivity index (χ1n) is 9.30. The second kappa shape index (κ2) is 9.94. The average molecular weight is 439 g/mol. The van der Waals surface area contributed by atoms with Crippen molar-refractivity contribution >= 4 is 35.0 Å². The zero-order chi connectivity index (χ0) is 20.8. The molecule has 2 amide bonds. The van der Waals surface area contributed by atoms with E-state index in [1.807, 2.05) is 0 Å². The summed E-state index contributed by atoms with van der Waals surface area (Å²) in [6.07, 6.45) is 1.58. The zero-order valence-electron chi connectivity index (χ0n) is 15.7. The van der Waals surface area contributed by atoms with Crippen molar-refractivity contribution in [3.05, 3.63) is 63.9 Å². The first-order chi connectivity index (χ1) is 13.9. The predicted octanol–water partition coefficient (Wildman–Crippen LogP) is 3.86. The third-order valence-corrected chi connectivity index (χ3v) is 5.26. The summed E-state index contributed by atoms with van der Waals surface area (Å²) in [4.78, 5) is 26.3. The first kappa shape index (κ1) is 21.4. The Kier molecular flexibility index (Phi) is 7.34. The Labute approximate surface area is 178 Å². The number of amides is 2. The topological polar surface area (TPSA) is 58.6 Å². The Balaban J connectivity index is 1.40. The van der Waals surface area contributed by atoms with Crippen molar-refractivity contribution < 1.29 is 18.7 Å². The van der Waals surface area contributed by atoms with Crippen LogP contribution in [0.2, 0.25) is 10.0 Å². The molecule has 154 valence electrons. The Bertz CT molecular complexity index is 869. The normalized spacial score (nSPS) is 14.5. The van der Waals surface area contributed by atoms with Crippen LogP contribution < -0.4 is 10.1 Å². The molecule has 2 aromatic carbocycles. The van der Waals surface area contributed by atoms with Gasteiger partial charge in [-0.15, -0.1) is 0 Å². The number of ether oxygens (including phenoxy) is 1. The van der Waals surface area contributed by atoms with Crippen LogP contribution >= 0.6 is 23.2 Å². The van der Waals surface area contributed by atoms with Gasteiger partial charge in [0.05, 0.1) is 11.4 Å². The lowest BCUT2D eigenvalue weighted by Gasteiger charge is -2.32. The predicted molar refractivity (Wildman–Crippen MR) is 110 cm³/mol. The summed E-state index contributed by atoms with van der Waals surface area (Å²) in [5.74, 6) is -0.165. The minimum Gasteiger partial charge on any atom is -0.482 e. The van der Waals surface area contributed by atoms with Crippen LogP contribution in [0.4, 0.5) is 4.39 Å². The molecule has 3 rings (SSSR count). The van der Waals surface area contributed by atoms with E-state index in [2.05, 4.69) is 5.32 Å². The quantitative estimate of drug-likeness (QED) is 0.744. The number of rotatable bonds is 6. The molecular weight excluding hydrogens is 418 g/mol. The number of piperidine rings is 1. The summed E-state index contributed by atoms with van der Waals surface area (Å²) in [5, 5.41) is 3.76. The molecule has 29 heavy (non-hydrogen) atoms. The van der Waals surface area contributed by atoms with Crippen molar-refractivity contribution in [1.29, 1.82) is 0 Å². The lowest BCUT2D eigenvalue weighted by molar-refractivity contribution is -0.131. The van der Waals surface area contributed by atoms with Crippen molar-refractivity contribution in [2.24, 2.45) is 0 Å². The number of hydrogen-bond acceptors (Lipinski definition) is 3. The van der Waals surface area contributed by atoms with E-state index < -0.39 is 0 Å². The van der Waals surface area contributed by atoms with Gasteiger partial charge >= 0.3 is 0 Å². The molecule has 0 saturated carbocycles. The van der Waals surface area contributed by atoms with E-state index in [0.29, 0.717) is 41.7 Å². The summed E-state index contributed by atoms with van der Waals surface area (Å²) in [5.41, 5.74) is 0.782. The molecule has 2 aromatic rings. The van der Waals surface area contributed by atoms with Crippen LogP contribution in [-0.4, -0.2) is 42.5 Å². The highest BCUT2D eigenvalue weighted by Crippen LogP contribution is 2.27. The van der Waals surface area contributed by atoms with Crippen LogP contribution in [0, 0.1) is 5.82 Å². The molecule has 8 heteroatoms. The maximum atomic E-state index is 13.0. The minimum absolute atomic E-state index is 0.00194. The molecule has 1 N–H and O–H groups in total. The summed E-state index contributed by atoms with van der Waals surface area (Å²) < 4.78 is 18.4. The molecule has 1 heterocycles. The third kappa shape index (κ3) is 6.34. The Morgan fingerprint density at radius 1 is 1.10 bits per heavy atom. The van der Waals surface area contributed by atoms with Gasteiger partial charge in [0.1, 0.15) is 11.6 Å². The van der Waals surface area contributed by atoms with E-state index >= 15 is 0 Å². The molecule has 0 bridgehead atoms. The van der Waals surface area contributed by atoms with Gasteiger partial charge in [0, 0.05) is 24.2 Å². The molecule has 0 atom stereocenters. The number of benzene rings is 2. The number of nitrogens with zero attached hydrogens (tertiary/aromatic N) is 1. The highest BCUT2D eigenvalue weighted by atomic mass is 35.5. The largest absolute Gasteiger partial charge is 0.482 e. The number of likely N-dealkylation sites (tertiary alicyclic amines) is 1. The second-order valence-electron chi connectivity index (χ2n) is 6.89. The van der Waals surface area contributed by atoms with Crippen molar-refractivity contribution in [1.82, 2.24) is 10.2 Å². The van der Waals surface area contributed by atoms with E-state index in [9.17, 15) is 14.0 Å². The molecule has 0 aliphatic carbocycles.